The lowest BCUT2D eigenvalue weighted by atomic mass is 10.0. The molecule has 3 nitrogen and oxygen atoms in total. The molecule has 0 aromatic heterocycles. The smallest absolute Gasteiger partial charge is 0.303 e. The highest BCUT2D eigenvalue weighted by Crippen LogP contribution is 2.32. The van der Waals surface area contributed by atoms with Gasteiger partial charge in [0.05, 0.1) is 0 Å². The third-order valence-corrected chi connectivity index (χ3v) is 4.03. The fourth-order valence-corrected chi connectivity index (χ4v) is 2.93. The number of nitrogens with zero attached hydrogens (tertiary/aromatic N) is 1. The zero-order chi connectivity index (χ0) is 13.1. The van der Waals surface area contributed by atoms with Gasteiger partial charge in [-0.1, -0.05) is 29.8 Å². The maximum absolute atomic E-state index is 10.7. The Hall–Kier alpha value is -1.06. The minimum Gasteiger partial charge on any atom is -0.481 e. The molecule has 2 unspecified atom stereocenters. The first-order valence-electron chi connectivity index (χ1n) is 6.28. The monoisotopic (exact) mass is 267 g/mol. The molecule has 0 radical (unpaired) electrons. The van der Waals surface area contributed by atoms with Crippen LogP contribution in [0.2, 0.25) is 5.02 Å². The Morgan fingerprint density at radius 3 is 2.94 bits per heavy atom. The topological polar surface area (TPSA) is 40.5 Å². The van der Waals surface area contributed by atoms with Gasteiger partial charge in [-0.3, -0.25) is 9.69 Å². The molecule has 18 heavy (non-hydrogen) atoms. The Balaban J connectivity index is 2.01. The van der Waals surface area contributed by atoms with Gasteiger partial charge in [0, 0.05) is 24.0 Å². The van der Waals surface area contributed by atoms with E-state index in [0.29, 0.717) is 0 Å². The predicted octanol–water partition coefficient (Wildman–Crippen LogP) is 3.20. The first-order chi connectivity index (χ1) is 8.58. The van der Waals surface area contributed by atoms with Crippen molar-refractivity contribution >= 4 is 17.6 Å². The first-order valence-corrected chi connectivity index (χ1v) is 6.66. The SMILES string of the molecule is CC(c1ccccc1Cl)N1CCC(CC(=O)O)C1. The molecular formula is C14H18ClNO2. The summed E-state index contributed by atoms with van der Waals surface area (Å²) >= 11 is 6.20. The van der Waals surface area contributed by atoms with Crippen LogP contribution in [0.25, 0.3) is 0 Å². The van der Waals surface area contributed by atoms with Crippen LogP contribution >= 0.6 is 11.6 Å². The van der Waals surface area contributed by atoms with Crippen LogP contribution in [0.3, 0.4) is 0 Å². The van der Waals surface area contributed by atoms with Crippen molar-refractivity contribution in [1.29, 1.82) is 0 Å². The summed E-state index contributed by atoms with van der Waals surface area (Å²) in [6.07, 6.45) is 1.23. The molecule has 1 fully saturated rings. The summed E-state index contributed by atoms with van der Waals surface area (Å²) < 4.78 is 0. The highest BCUT2D eigenvalue weighted by atomic mass is 35.5. The van der Waals surface area contributed by atoms with E-state index in [0.717, 1.165) is 30.1 Å². The molecule has 0 amide bonds. The Bertz CT molecular complexity index is 436. The second kappa shape index (κ2) is 5.72. The van der Waals surface area contributed by atoms with Crippen molar-refractivity contribution in [3.63, 3.8) is 0 Å². The van der Waals surface area contributed by atoms with Gasteiger partial charge in [-0.15, -0.1) is 0 Å². The largest absolute Gasteiger partial charge is 0.481 e. The van der Waals surface area contributed by atoms with Gasteiger partial charge < -0.3 is 5.11 Å². The third kappa shape index (κ3) is 3.03. The van der Waals surface area contributed by atoms with Crippen LogP contribution in [0.15, 0.2) is 24.3 Å². The highest BCUT2D eigenvalue weighted by Gasteiger charge is 2.28. The van der Waals surface area contributed by atoms with Crippen LogP contribution in [0.1, 0.15) is 31.4 Å². The fraction of sp³-hybridized carbons (Fsp3) is 0.500. The predicted molar refractivity (Wildman–Crippen MR) is 71.8 cm³/mol. The van der Waals surface area contributed by atoms with Gasteiger partial charge in [-0.25, -0.2) is 0 Å². The lowest BCUT2D eigenvalue weighted by Crippen LogP contribution is -2.25. The van der Waals surface area contributed by atoms with Gasteiger partial charge in [0.1, 0.15) is 0 Å². The van der Waals surface area contributed by atoms with Crippen molar-refractivity contribution in [1.82, 2.24) is 4.90 Å². The number of benzene rings is 1. The van der Waals surface area contributed by atoms with Crippen molar-refractivity contribution in [3.8, 4) is 0 Å². The Morgan fingerprint density at radius 1 is 1.56 bits per heavy atom. The molecule has 0 bridgehead atoms. The molecule has 2 rings (SSSR count). The Kier molecular flexibility index (Phi) is 4.25. The molecule has 4 heteroatoms. The van der Waals surface area contributed by atoms with E-state index in [1.54, 1.807) is 0 Å². The number of hydrogen-bond donors (Lipinski definition) is 1. The van der Waals surface area contributed by atoms with Gasteiger partial charge in [0.2, 0.25) is 0 Å². The fourth-order valence-electron chi connectivity index (χ4n) is 2.64. The molecule has 2 atom stereocenters. The number of likely N-dealkylation sites (tertiary alicyclic amines) is 1. The van der Waals surface area contributed by atoms with Crippen molar-refractivity contribution in [2.75, 3.05) is 13.1 Å². The summed E-state index contributed by atoms with van der Waals surface area (Å²) in [5, 5.41) is 9.60. The minimum atomic E-state index is -0.702. The summed E-state index contributed by atoms with van der Waals surface area (Å²) in [5.41, 5.74) is 1.12. The van der Waals surface area contributed by atoms with Gasteiger partial charge in [0.15, 0.2) is 0 Å². The lowest BCUT2D eigenvalue weighted by molar-refractivity contribution is -0.138. The number of hydrogen-bond acceptors (Lipinski definition) is 2. The van der Waals surface area contributed by atoms with Crippen molar-refractivity contribution in [3.05, 3.63) is 34.9 Å². The molecule has 1 saturated heterocycles. The van der Waals surface area contributed by atoms with Gasteiger partial charge in [-0.2, -0.15) is 0 Å². The van der Waals surface area contributed by atoms with E-state index in [1.807, 2.05) is 24.3 Å². The second-order valence-corrected chi connectivity index (χ2v) is 5.35. The molecule has 1 aromatic rings. The van der Waals surface area contributed by atoms with Crippen LogP contribution in [0.4, 0.5) is 0 Å². The summed E-state index contributed by atoms with van der Waals surface area (Å²) in [7, 11) is 0. The molecule has 1 aromatic carbocycles. The van der Waals surface area contributed by atoms with E-state index in [9.17, 15) is 4.79 Å². The average molecular weight is 268 g/mol. The molecule has 1 aliphatic rings. The van der Waals surface area contributed by atoms with Gasteiger partial charge in [-0.05, 0) is 37.4 Å². The minimum absolute atomic E-state index is 0.248. The van der Waals surface area contributed by atoms with Crippen molar-refractivity contribution in [2.45, 2.75) is 25.8 Å². The van der Waals surface area contributed by atoms with Crippen molar-refractivity contribution in [2.24, 2.45) is 5.92 Å². The molecule has 1 heterocycles. The van der Waals surface area contributed by atoms with E-state index >= 15 is 0 Å². The normalized spacial score (nSPS) is 22.0. The average Bonchev–Trinajstić information content (AvgIpc) is 2.76. The van der Waals surface area contributed by atoms with Crippen LogP contribution in [0.5, 0.6) is 0 Å². The third-order valence-electron chi connectivity index (χ3n) is 3.68. The standard InChI is InChI=1S/C14H18ClNO2/c1-10(12-4-2-3-5-13(12)15)16-7-6-11(9-16)8-14(17)18/h2-5,10-11H,6-9H2,1H3,(H,17,18). The molecular weight excluding hydrogens is 250 g/mol. The maximum atomic E-state index is 10.7. The second-order valence-electron chi connectivity index (χ2n) is 4.94. The number of halogens is 1. The van der Waals surface area contributed by atoms with Gasteiger partial charge in [0.25, 0.3) is 0 Å². The van der Waals surface area contributed by atoms with E-state index in [4.69, 9.17) is 16.7 Å². The molecule has 1 aliphatic heterocycles. The molecule has 0 spiro atoms. The van der Waals surface area contributed by atoms with Crippen LogP contribution < -0.4 is 0 Å². The van der Waals surface area contributed by atoms with E-state index < -0.39 is 5.97 Å². The number of carbonyl (C=O) groups is 1. The maximum Gasteiger partial charge on any atom is 0.303 e. The lowest BCUT2D eigenvalue weighted by Gasteiger charge is -2.25. The molecule has 1 N–H and O–H groups in total. The quantitative estimate of drug-likeness (QED) is 0.911. The van der Waals surface area contributed by atoms with Crippen molar-refractivity contribution < 1.29 is 9.90 Å². The summed E-state index contributed by atoms with van der Waals surface area (Å²) in [5.74, 6) is -0.431. The molecule has 98 valence electrons. The number of aliphatic carboxylic acids is 1. The van der Waals surface area contributed by atoms with Crippen LogP contribution in [-0.4, -0.2) is 29.1 Å². The summed E-state index contributed by atoms with van der Waals surface area (Å²) in [6, 6.07) is 8.10. The zero-order valence-corrected chi connectivity index (χ0v) is 11.2. The highest BCUT2D eigenvalue weighted by molar-refractivity contribution is 6.31. The van der Waals surface area contributed by atoms with E-state index in [-0.39, 0.29) is 18.4 Å². The first kappa shape index (κ1) is 13.4. The van der Waals surface area contributed by atoms with Crippen LogP contribution in [0, 0.1) is 5.92 Å². The Labute approximate surface area is 112 Å². The zero-order valence-electron chi connectivity index (χ0n) is 10.5. The van der Waals surface area contributed by atoms with Gasteiger partial charge >= 0.3 is 5.97 Å². The summed E-state index contributed by atoms with van der Waals surface area (Å²) in [6.45, 7) is 3.92. The molecule has 0 saturated carbocycles. The van der Waals surface area contributed by atoms with Crippen LogP contribution in [-0.2, 0) is 4.79 Å². The number of carboxylic acids is 1. The van der Waals surface area contributed by atoms with E-state index in [2.05, 4.69) is 11.8 Å². The van der Waals surface area contributed by atoms with E-state index in [1.165, 1.54) is 0 Å². The number of carboxylic acid groups (broad SMARTS) is 1. The Morgan fingerprint density at radius 2 is 2.28 bits per heavy atom. The molecule has 0 aliphatic carbocycles. The number of rotatable bonds is 4. The summed E-state index contributed by atoms with van der Waals surface area (Å²) in [4.78, 5) is 13.0.